The van der Waals surface area contributed by atoms with Gasteiger partial charge in [-0.1, -0.05) is 11.8 Å². The Morgan fingerprint density at radius 1 is 1.21 bits per heavy atom. The van der Waals surface area contributed by atoms with E-state index in [0.717, 1.165) is 24.8 Å². The topological polar surface area (TPSA) is 90.5 Å². The molecular formula is C13H10N6OS4. The average molecular weight is 395 g/mol. The third-order valence-electron chi connectivity index (χ3n) is 2.94. The van der Waals surface area contributed by atoms with Crippen LogP contribution >= 0.6 is 46.2 Å². The summed E-state index contributed by atoms with van der Waals surface area (Å²) in [5.74, 6) is 0.544. The summed E-state index contributed by atoms with van der Waals surface area (Å²) in [7, 11) is 0. The molecule has 0 unspecified atom stereocenters. The van der Waals surface area contributed by atoms with Gasteiger partial charge in [0.05, 0.1) is 17.1 Å². The molecule has 4 rings (SSSR count). The summed E-state index contributed by atoms with van der Waals surface area (Å²) in [5, 5.41) is 12.4. The largest absolute Gasteiger partial charge is 0.415 e. The van der Waals surface area contributed by atoms with Crippen LogP contribution in [0.1, 0.15) is 16.6 Å². The molecule has 4 aromatic heterocycles. The van der Waals surface area contributed by atoms with Gasteiger partial charge in [0.15, 0.2) is 9.99 Å². The predicted molar refractivity (Wildman–Crippen MR) is 95.1 cm³/mol. The SMILES string of the molecule is CSc1nc2ncnc(Sc3nnc(Cc4csc(C)n4)o3)c2s1. The van der Waals surface area contributed by atoms with Gasteiger partial charge in [0.25, 0.3) is 5.22 Å². The van der Waals surface area contributed by atoms with Crippen molar-refractivity contribution in [1.29, 1.82) is 0 Å². The molecule has 4 aromatic rings. The smallest absolute Gasteiger partial charge is 0.283 e. The zero-order valence-electron chi connectivity index (χ0n) is 12.6. The molecule has 0 atom stereocenters. The highest BCUT2D eigenvalue weighted by Gasteiger charge is 2.15. The molecule has 0 amide bonds. The number of nitrogens with zero attached hydrogens (tertiary/aromatic N) is 6. The van der Waals surface area contributed by atoms with Gasteiger partial charge in [0, 0.05) is 5.38 Å². The van der Waals surface area contributed by atoms with Crippen LogP contribution in [0, 0.1) is 6.92 Å². The molecule has 0 spiro atoms. The van der Waals surface area contributed by atoms with Crippen LogP contribution in [0.15, 0.2) is 30.7 Å². The van der Waals surface area contributed by atoms with Crippen molar-refractivity contribution in [3.05, 3.63) is 28.3 Å². The van der Waals surface area contributed by atoms with Crippen molar-refractivity contribution in [1.82, 2.24) is 30.1 Å². The molecule has 0 aliphatic carbocycles. The summed E-state index contributed by atoms with van der Waals surface area (Å²) >= 11 is 6.09. The van der Waals surface area contributed by atoms with Crippen LogP contribution in [0.2, 0.25) is 0 Å². The van der Waals surface area contributed by atoms with Crippen LogP contribution in [-0.2, 0) is 6.42 Å². The van der Waals surface area contributed by atoms with Gasteiger partial charge < -0.3 is 4.42 Å². The van der Waals surface area contributed by atoms with E-state index in [1.807, 2.05) is 18.6 Å². The molecule has 0 aliphatic heterocycles. The Morgan fingerprint density at radius 3 is 2.92 bits per heavy atom. The Kier molecular flexibility index (Phi) is 4.48. The number of fused-ring (bicyclic) bond motifs is 1. The fraction of sp³-hybridized carbons (Fsp3) is 0.231. The Balaban J connectivity index is 1.56. The zero-order chi connectivity index (χ0) is 16.5. The van der Waals surface area contributed by atoms with Gasteiger partial charge in [0.2, 0.25) is 5.89 Å². The van der Waals surface area contributed by atoms with Crippen molar-refractivity contribution in [3.63, 3.8) is 0 Å². The summed E-state index contributed by atoms with van der Waals surface area (Å²) in [6.07, 6.45) is 4.03. The Bertz CT molecular complexity index is 993. The fourth-order valence-electron chi connectivity index (χ4n) is 1.95. The Hall–Kier alpha value is -1.56. The van der Waals surface area contributed by atoms with Gasteiger partial charge in [-0.2, -0.15) is 0 Å². The minimum Gasteiger partial charge on any atom is -0.415 e. The molecule has 0 fully saturated rings. The lowest BCUT2D eigenvalue weighted by atomic mass is 10.3. The van der Waals surface area contributed by atoms with Crippen molar-refractivity contribution < 1.29 is 4.42 Å². The van der Waals surface area contributed by atoms with Crippen molar-refractivity contribution in [2.45, 2.75) is 27.9 Å². The summed E-state index contributed by atoms with van der Waals surface area (Å²) in [6.45, 7) is 1.97. The van der Waals surface area contributed by atoms with Crippen LogP contribution in [0.4, 0.5) is 0 Å². The van der Waals surface area contributed by atoms with Crippen molar-refractivity contribution >= 4 is 56.5 Å². The van der Waals surface area contributed by atoms with Crippen LogP contribution in [-0.4, -0.2) is 36.4 Å². The lowest BCUT2D eigenvalue weighted by Gasteiger charge is -1.95. The molecule has 0 bridgehead atoms. The molecule has 4 heterocycles. The molecule has 7 nitrogen and oxygen atoms in total. The second kappa shape index (κ2) is 6.75. The molecule has 0 aromatic carbocycles. The lowest BCUT2D eigenvalue weighted by Crippen LogP contribution is -1.88. The molecule has 0 aliphatic rings. The second-order valence-corrected chi connectivity index (χ2v) is 8.67. The highest BCUT2D eigenvalue weighted by molar-refractivity contribution is 8.00. The van der Waals surface area contributed by atoms with Crippen LogP contribution in [0.25, 0.3) is 10.3 Å². The van der Waals surface area contributed by atoms with Gasteiger partial charge >= 0.3 is 0 Å². The standard InChI is InChI=1S/C13H10N6OS4/c1-6-16-7(4-22-6)3-8-18-19-12(20-8)24-11-9-10(14-5-15-11)17-13(21-2)23-9/h4-5H,3H2,1-2H3. The summed E-state index contributed by atoms with van der Waals surface area (Å²) in [5.41, 5.74) is 1.63. The second-order valence-electron chi connectivity index (χ2n) is 4.61. The number of thioether (sulfide) groups is 1. The first-order valence-electron chi connectivity index (χ1n) is 6.78. The highest BCUT2D eigenvalue weighted by atomic mass is 32.2. The van der Waals surface area contributed by atoms with Gasteiger partial charge in [-0.3, -0.25) is 0 Å². The van der Waals surface area contributed by atoms with E-state index in [-0.39, 0.29) is 0 Å². The number of thiazole rings is 2. The summed E-state index contributed by atoms with van der Waals surface area (Å²) in [6, 6.07) is 0. The van der Waals surface area contributed by atoms with E-state index in [9.17, 15) is 0 Å². The quantitative estimate of drug-likeness (QED) is 0.371. The van der Waals surface area contributed by atoms with E-state index >= 15 is 0 Å². The highest BCUT2D eigenvalue weighted by Crippen LogP contribution is 2.35. The molecule has 24 heavy (non-hydrogen) atoms. The average Bonchev–Trinajstić information content (AvgIpc) is 3.28. The van der Waals surface area contributed by atoms with E-state index < -0.39 is 0 Å². The maximum atomic E-state index is 5.71. The maximum Gasteiger partial charge on any atom is 0.283 e. The predicted octanol–water partition coefficient (Wildman–Crippen LogP) is 3.70. The molecule has 122 valence electrons. The van der Waals surface area contributed by atoms with Gasteiger partial charge in [-0.05, 0) is 24.9 Å². The zero-order valence-corrected chi connectivity index (χ0v) is 15.9. The van der Waals surface area contributed by atoms with Crippen LogP contribution < -0.4 is 0 Å². The Labute approximate surface area is 153 Å². The third kappa shape index (κ3) is 3.29. The fourth-order valence-corrected chi connectivity index (χ4v) is 4.88. The molecule has 11 heteroatoms. The minimum absolute atomic E-state index is 0.455. The number of aryl methyl sites for hydroxylation is 1. The van der Waals surface area contributed by atoms with Gasteiger partial charge in [-0.25, -0.2) is 19.9 Å². The summed E-state index contributed by atoms with van der Waals surface area (Å²) in [4.78, 5) is 17.4. The first-order chi connectivity index (χ1) is 11.7. The van der Waals surface area contributed by atoms with Gasteiger partial charge in [0.1, 0.15) is 16.1 Å². The van der Waals surface area contributed by atoms with E-state index in [0.29, 0.717) is 23.2 Å². The lowest BCUT2D eigenvalue weighted by molar-refractivity contribution is 0.419. The van der Waals surface area contributed by atoms with Gasteiger partial charge in [-0.15, -0.1) is 32.9 Å². The maximum absolute atomic E-state index is 5.71. The molecular weight excluding hydrogens is 384 g/mol. The van der Waals surface area contributed by atoms with E-state index in [2.05, 4.69) is 30.1 Å². The number of hydrogen-bond donors (Lipinski definition) is 0. The summed E-state index contributed by atoms with van der Waals surface area (Å²) < 4.78 is 7.59. The molecule has 0 saturated carbocycles. The van der Waals surface area contributed by atoms with E-state index in [4.69, 9.17) is 4.42 Å². The first kappa shape index (κ1) is 15.9. The van der Waals surface area contributed by atoms with Crippen LogP contribution in [0.3, 0.4) is 0 Å². The van der Waals surface area contributed by atoms with Crippen molar-refractivity contribution in [2.24, 2.45) is 0 Å². The number of aromatic nitrogens is 6. The van der Waals surface area contributed by atoms with Crippen molar-refractivity contribution in [2.75, 3.05) is 6.26 Å². The molecule has 0 N–H and O–H groups in total. The van der Waals surface area contributed by atoms with E-state index in [1.165, 1.54) is 18.1 Å². The monoisotopic (exact) mass is 394 g/mol. The minimum atomic E-state index is 0.455. The Morgan fingerprint density at radius 2 is 2.12 bits per heavy atom. The van der Waals surface area contributed by atoms with E-state index in [1.54, 1.807) is 34.4 Å². The first-order valence-corrected chi connectivity index (χ1v) is 10.5. The molecule has 0 saturated heterocycles. The van der Waals surface area contributed by atoms with Crippen LogP contribution in [0.5, 0.6) is 0 Å². The number of rotatable bonds is 5. The van der Waals surface area contributed by atoms with Crippen molar-refractivity contribution in [3.8, 4) is 0 Å². The normalized spacial score (nSPS) is 11.4. The number of hydrogen-bond acceptors (Lipinski definition) is 11. The molecule has 0 radical (unpaired) electrons. The third-order valence-corrected chi connectivity index (χ3v) is 6.78.